The van der Waals surface area contributed by atoms with E-state index in [1.165, 1.54) is 19.4 Å². The fraction of sp³-hybridized carbons (Fsp3) is 0.381. The van der Waals surface area contributed by atoms with Crippen LogP contribution >= 0.6 is 0 Å². The molecule has 0 unspecified atom stereocenters. The Kier molecular flexibility index (Phi) is 8.33. The van der Waals surface area contributed by atoms with Gasteiger partial charge < -0.3 is 14.2 Å². The van der Waals surface area contributed by atoms with Crippen molar-refractivity contribution in [1.29, 1.82) is 0 Å². The maximum atomic E-state index is 12.6. The van der Waals surface area contributed by atoms with Crippen LogP contribution in [0.1, 0.15) is 37.8 Å². The first kappa shape index (κ1) is 22.5. The van der Waals surface area contributed by atoms with Crippen LogP contribution in [-0.4, -0.2) is 35.0 Å². The third kappa shape index (κ3) is 6.39. The van der Waals surface area contributed by atoms with Gasteiger partial charge in [0.1, 0.15) is 10.6 Å². The number of hydrazone groups is 1. The molecule has 0 aliphatic rings. The van der Waals surface area contributed by atoms with Crippen LogP contribution in [-0.2, 0) is 10.0 Å². The number of hydrogen-bond acceptors (Lipinski definition) is 6. The van der Waals surface area contributed by atoms with Gasteiger partial charge in [0.05, 0.1) is 26.5 Å². The Hall–Kier alpha value is -2.74. The molecule has 0 spiro atoms. The van der Waals surface area contributed by atoms with Gasteiger partial charge in [0, 0.05) is 0 Å². The lowest BCUT2D eigenvalue weighted by Gasteiger charge is -2.12. The number of sulfonamides is 1. The number of ether oxygens (including phenoxy) is 3. The van der Waals surface area contributed by atoms with Crippen molar-refractivity contribution in [1.82, 2.24) is 4.83 Å². The molecule has 0 saturated heterocycles. The van der Waals surface area contributed by atoms with E-state index in [4.69, 9.17) is 14.2 Å². The summed E-state index contributed by atoms with van der Waals surface area (Å²) in [7, 11) is -2.45. The predicted molar refractivity (Wildman–Crippen MR) is 114 cm³/mol. The van der Waals surface area contributed by atoms with Gasteiger partial charge in [-0.3, -0.25) is 0 Å². The summed E-state index contributed by atoms with van der Waals surface area (Å²) in [6, 6.07) is 10.3. The highest BCUT2D eigenvalue weighted by Crippen LogP contribution is 2.28. The highest BCUT2D eigenvalue weighted by atomic mass is 32.2. The molecule has 0 aliphatic carbocycles. The summed E-state index contributed by atoms with van der Waals surface area (Å²) in [5, 5.41) is 3.89. The van der Waals surface area contributed by atoms with E-state index < -0.39 is 10.0 Å². The van der Waals surface area contributed by atoms with E-state index in [-0.39, 0.29) is 10.6 Å². The second-order valence-electron chi connectivity index (χ2n) is 6.35. The van der Waals surface area contributed by atoms with Crippen molar-refractivity contribution in [2.45, 2.75) is 38.5 Å². The van der Waals surface area contributed by atoms with E-state index in [1.54, 1.807) is 37.3 Å². The molecular weight excluding hydrogens is 392 g/mol. The zero-order chi connectivity index (χ0) is 21.3. The maximum absolute atomic E-state index is 12.6. The minimum Gasteiger partial charge on any atom is -0.495 e. The highest BCUT2D eigenvalue weighted by molar-refractivity contribution is 7.89. The van der Waals surface area contributed by atoms with E-state index in [1.807, 2.05) is 6.92 Å². The lowest BCUT2D eigenvalue weighted by atomic mass is 10.2. The van der Waals surface area contributed by atoms with Crippen LogP contribution < -0.4 is 19.0 Å². The molecule has 0 atom stereocenters. The van der Waals surface area contributed by atoms with Crippen LogP contribution in [0.5, 0.6) is 17.2 Å². The Morgan fingerprint density at radius 3 is 2.48 bits per heavy atom. The average Bonchev–Trinajstić information content (AvgIpc) is 2.70. The number of unbranched alkanes of at least 4 members (excludes halogenated alkanes) is 1. The molecule has 0 bridgehead atoms. The standard InChI is InChI=1S/C21H28N2O5S/c1-5-7-12-28-18-11-9-17(14-20(18)27-6-2)15-22-23-29(24,25)21-13-16(3)8-10-19(21)26-4/h8-11,13-15,23H,5-7,12H2,1-4H3/b22-15+. The van der Waals surface area contributed by atoms with Crippen molar-refractivity contribution >= 4 is 16.2 Å². The summed E-state index contributed by atoms with van der Waals surface area (Å²) in [5.41, 5.74) is 1.48. The SMILES string of the molecule is CCCCOc1ccc(/C=N/NS(=O)(=O)c2cc(C)ccc2OC)cc1OCC. The second-order valence-corrected chi connectivity index (χ2v) is 7.98. The van der Waals surface area contributed by atoms with Gasteiger partial charge in [-0.05, 0) is 61.7 Å². The fourth-order valence-corrected chi connectivity index (χ4v) is 3.58. The van der Waals surface area contributed by atoms with Crippen LogP contribution in [0, 0.1) is 6.92 Å². The fourth-order valence-electron chi connectivity index (χ4n) is 2.53. The maximum Gasteiger partial charge on any atom is 0.280 e. The molecule has 1 N–H and O–H groups in total. The van der Waals surface area contributed by atoms with Crippen LogP contribution in [0.2, 0.25) is 0 Å². The molecule has 0 saturated carbocycles. The molecule has 0 aliphatic heterocycles. The molecule has 8 heteroatoms. The van der Waals surface area contributed by atoms with Gasteiger partial charge in [0.15, 0.2) is 11.5 Å². The zero-order valence-corrected chi connectivity index (χ0v) is 18.1. The monoisotopic (exact) mass is 420 g/mol. The molecular formula is C21H28N2O5S. The number of methoxy groups -OCH3 is 1. The van der Waals surface area contributed by atoms with Crippen molar-refractivity contribution in [3.63, 3.8) is 0 Å². The van der Waals surface area contributed by atoms with Crippen molar-refractivity contribution in [2.75, 3.05) is 20.3 Å². The molecule has 29 heavy (non-hydrogen) atoms. The smallest absolute Gasteiger partial charge is 0.280 e. The number of rotatable bonds is 11. The van der Waals surface area contributed by atoms with Gasteiger partial charge in [-0.2, -0.15) is 18.4 Å². The van der Waals surface area contributed by atoms with Crippen LogP contribution in [0.15, 0.2) is 46.4 Å². The summed E-state index contributed by atoms with van der Waals surface area (Å²) in [6.45, 7) is 6.90. The Morgan fingerprint density at radius 1 is 1.03 bits per heavy atom. The second kappa shape index (κ2) is 10.7. The summed E-state index contributed by atoms with van der Waals surface area (Å²) in [6.07, 6.45) is 3.41. The van der Waals surface area contributed by atoms with Gasteiger partial charge in [-0.1, -0.05) is 19.4 Å². The molecule has 0 fully saturated rings. The molecule has 7 nitrogen and oxygen atoms in total. The molecule has 0 radical (unpaired) electrons. The number of nitrogens with zero attached hydrogens (tertiary/aromatic N) is 1. The van der Waals surface area contributed by atoms with Gasteiger partial charge in [0.2, 0.25) is 0 Å². The molecule has 158 valence electrons. The zero-order valence-electron chi connectivity index (χ0n) is 17.3. The topological polar surface area (TPSA) is 86.2 Å². The third-order valence-electron chi connectivity index (χ3n) is 4.02. The largest absolute Gasteiger partial charge is 0.495 e. The van der Waals surface area contributed by atoms with Crippen molar-refractivity contribution in [3.05, 3.63) is 47.5 Å². The van der Waals surface area contributed by atoms with Crippen molar-refractivity contribution in [2.24, 2.45) is 5.10 Å². The molecule has 0 aromatic heterocycles. The van der Waals surface area contributed by atoms with E-state index in [0.717, 1.165) is 18.4 Å². The number of aryl methyl sites for hydroxylation is 1. The minimum absolute atomic E-state index is 0.0341. The first-order valence-electron chi connectivity index (χ1n) is 9.50. The van der Waals surface area contributed by atoms with Crippen molar-refractivity contribution < 1.29 is 22.6 Å². The van der Waals surface area contributed by atoms with E-state index >= 15 is 0 Å². The quantitative estimate of drug-likeness (QED) is 0.339. The molecule has 2 rings (SSSR count). The lowest BCUT2D eigenvalue weighted by molar-refractivity contribution is 0.272. The summed E-state index contributed by atoms with van der Waals surface area (Å²) in [5.74, 6) is 1.50. The van der Waals surface area contributed by atoms with E-state index in [0.29, 0.717) is 30.3 Å². The van der Waals surface area contributed by atoms with E-state index in [2.05, 4.69) is 16.9 Å². The normalized spacial score (nSPS) is 11.4. The van der Waals surface area contributed by atoms with Gasteiger partial charge in [-0.15, -0.1) is 0 Å². The predicted octanol–water partition coefficient (Wildman–Crippen LogP) is 3.89. The summed E-state index contributed by atoms with van der Waals surface area (Å²) in [4.78, 5) is 2.26. The Bertz CT molecular complexity index is 942. The summed E-state index contributed by atoms with van der Waals surface area (Å²) >= 11 is 0. The number of nitrogens with one attached hydrogen (secondary N) is 1. The summed E-state index contributed by atoms with van der Waals surface area (Å²) < 4.78 is 41.7. The average molecular weight is 421 g/mol. The molecule has 2 aromatic rings. The number of benzene rings is 2. The van der Waals surface area contributed by atoms with Crippen LogP contribution in [0.3, 0.4) is 0 Å². The Balaban J connectivity index is 2.17. The first-order valence-corrected chi connectivity index (χ1v) is 11.0. The molecule has 0 amide bonds. The van der Waals surface area contributed by atoms with Crippen molar-refractivity contribution in [3.8, 4) is 17.2 Å². The first-order chi connectivity index (χ1) is 13.9. The lowest BCUT2D eigenvalue weighted by Crippen LogP contribution is -2.19. The Labute approximate surface area is 172 Å². The third-order valence-corrected chi connectivity index (χ3v) is 5.26. The van der Waals surface area contributed by atoms with E-state index in [9.17, 15) is 8.42 Å². The minimum atomic E-state index is -3.87. The molecule has 0 heterocycles. The van der Waals surface area contributed by atoms with Gasteiger partial charge in [0.25, 0.3) is 10.0 Å². The Morgan fingerprint density at radius 2 is 1.79 bits per heavy atom. The number of hydrogen-bond donors (Lipinski definition) is 1. The highest BCUT2D eigenvalue weighted by Gasteiger charge is 2.19. The molecule has 2 aromatic carbocycles. The van der Waals surface area contributed by atoms with Gasteiger partial charge >= 0.3 is 0 Å². The van der Waals surface area contributed by atoms with Crippen LogP contribution in [0.25, 0.3) is 0 Å². The van der Waals surface area contributed by atoms with Gasteiger partial charge in [-0.25, -0.2) is 0 Å². The van der Waals surface area contributed by atoms with Crippen LogP contribution in [0.4, 0.5) is 0 Å².